The van der Waals surface area contributed by atoms with Crippen LogP contribution < -0.4 is 10.1 Å². The molecule has 6 heteroatoms. The van der Waals surface area contributed by atoms with E-state index < -0.39 is 10.7 Å². The van der Waals surface area contributed by atoms with Crippen LogP contribution in [0.15, 0.2) is 12.1 Å². The number of methoxy groups -OCH3 is 1. The molecule has 5 nitrogen and oxygen atoms in total. The van der Waals surface area contributed by atoms with E-state index in [0.29, 0.717) is 17.9 Å². The molecule has 1 atom stereocenters. The topological polar surface area (TPSA) is 64.4 Å². The highest BCUT2D eigenvalue weighted by Crippen LogP contribution is 2.36. The molecule has 0 heterocycles. The van der Waals surface area contributed by atoms with Gasteiger partial charge in [-0.05, 0) is 38.3 Å². The molecule has 1 aliphatic rings. The average molecular weight is 268 g/mol. The van der Waals surface area contributed by atoms with Gasteiger partial charge in [-0.15, -0.1) is 0 Å². The zero-order chi connectivity index (χ0) is 14.0. The molecular formula is C13H17FN2O3. The number of nitrogens with one attached hydrogen (secondary N) is 1. The van der Waals surface area contributed by atoms with Crippen LogP contribution in [0.2, 0.25) is 0 Å². The summed E-state index contributed by atoms with van der Waals surface area (Å²) < 4.78 is 18.4. The van der Waals surface area contributed by atoms with E-state index >= 15 is 0 Å². The van der Waals surface area contributed by atoms with Gasteiger partial charge in [0.2, 0.25) is 0 Å². The van der Waals surface area contributed by atoms with Gasteiger partial charge in [0.15, 0.2) is 11.6 Å². The van der Waals surface area contributed by atoms with Gasteiger partial charge in [0.25, 0.3) is 5.69 Å². The third kappa shape index (κ3) is 3.01. The van der Waals surface area contributed by atoms with Crippen molar-refractivity contribution >= 4 is 5.69 Å². The standard InChI is InChI=1S/C13H17FN2O3/c1-15-11(8-3-4-8)5-9-6-13(19-2)10(14)7-12(9)16(17)18/h6-8,11,15H,3-5H2,1-2H3. The van der Waals surface area contributed by atoms with Crippen LogP contribution in [0, 0.1) is 21.8 Å². The lowest BCUT2D eigenvalue weighted by Crippen LogP contribution is -2.30. The van der Waals surface area contributed by atoms with Crippen LogP contribution in [0.25, 0.3) is 0 Å². The fraction of sp³-hybridized carbons (Fsp3) is 0.538. The predicted molar refractivity (Wildman–Crippen MR) is 68.9 cm³/mol. The zero-order valence-corrected chi connectivity index (χ0v) is 11.0. The number of likely N-dealkylation sites (N-methyl/N-ethyl adjacent to an activating group) is 1. The van der Waals surface area contributed by atoms with Crippen LogP contribution in [-0.4, -0.2) is 25.1 Å². The minimum absolute atomic E-state index is 0.0475. The van der Waals surface area contributed by atoms with Gasteiger partial charge in [0.1, 0.15) is 0 Å². The van der Waals surface area contributed by atoms with Crippen LogP contribution in [0.1, 0.15) is 18.4 Å². The zero-order valence-electron chi connectivity index (χ0n) is 11.0. The Kier molecular flexibility index (Phi) is 3.99. The molecule has 1 N–H and O–H groups in total. The van der Waals surface area contributed by atoms with Crippen molar-refractivity contribution in [2.45, 2.75) is 25.3 Å². The van der Waals surface area contributed by atoms with Crippen molar-refractivity contribution in [2.75, 3.05) is 14.2 Å². The summed E-state index contributed by atoms with van der Waals surface area (Å²) in [5.41, 5.74) is 0.328. The Morgan fingerprint density at radius 2 is 2.26 bits per heavy atom. The normalized spacial score (nSPS) is 16.2. The monoisotopic (exact) mass is 268 g/mol. The maximum Gasteiger partial charge on any atom is 0.275 e. The van der Waals surface area contributed by atoms with Crippen molar-refractivity contribution in [3.05, 3.63) is 33.6 Å². The summed E-state index contributed by atoms with van der Waals surface area (Å²) in [6.45, 7) is 0. The second kappa shape index (κ2) is 5.52. The smallest absolute Gasteiger partial charge is 0.275 e. The number of nitro groups is 1. The second-order valence-corrected chi connectivity index (χ2v) is 4.81. The van der Waals surface area contributed by atoms with Gasteiger partial charge in [-0.25, -0.2) is 4.39 Å². The molecule has 0 amide bonds. The molecule has 19 heavy (non-hydrogen) atoms. The lowest BCUT2D eigenvalue weighted by Gasteiger charge is -2.16. The molecule has 0 aromatic heterocycles. The number of benzene rings is 1. The Labute approximate surface area is 110 Å². The molecule has 1 fully saturated rings. The fourth-order valence-electron chi connectivity index (χ4n) is 2.31. The van der Waals surface area contributed by atoms with Crippen molar-refractivity contribution in [1.82, 2.24) is 5.32 Å². The molecule has 0 aliphatic heterocycles. The van der Waals surface area contributed by atoms with Gasteiger partial charge in [0.05, 0.1) is 18.1 Å². The lowest BCUT2D eigenvalue weighted by molar-refractivity contribution is -0.385. The Morgan fingerprint density at radius 1 is 1.58 bits per heavy atom. The average Bonchev–Trinajstić information content (AvgIpc) is 3.21. The Hall–Kier alpha value is -1.69. The summed E-state index contributed by atoms with van der Waals surface area (Å²) in [6, 6.07) is 2.56. The Morgan fingerprint density at radius 3 is 2.74 bits per heavy atom. The van der Waals surface area contributed by atoms with Crippen LogP contribution in [0.4, 0.5) is 10.1 Å². The first kappa shape index (κ1) is 13.7. The molecule has 1 aromatic rings. The first-order valence-electron chi connectivity index (χ1n) is 6.25. The van der Waals surface area contributed by atoms with Crippen LogP contribution in [0.3, 0.4) is 0 Å². The minimum Gasteiger partial charge on any atom is -0.494 e. The van der Waals surface area contributed by atoms with Crippen molar-refractivity contribution < 1.29 is 14.1 Å². The molecule has 0 bridgehead atoms. The quantitative estimate of drug-likeness (QED) is 0.635. The van der Waals surface area contributed by atoms with E-state index in [2.05, 4.69) is 5.32 Å². The number of hydrogen-bond donors (Lipinski definition) is 1. The molecule has 1 saturated carbocycles. The maximum absolute atomic E-state index is 13.5. The SMILES string of the molecule is CNC(Cc1cc(OC)c(F)cc1[N+](=O)[O-])C1CC1. The van der Waals surface area contributed by atoms with E-state index in [4.69, 9.17) is 4.74 Å². The van der Waals surface area contributed by atoms with E-state index in [-0.39, 0.29) is 17.5 Å². The lowest BCUT2D eigenvalue weighted by atomic mass is 10.0. The summed E-state index contributed by atoms with van der Waals surface area (Å²) in [4.78, 5) is 10.5. The minimum atomic E-state index is -0.703. The van der Waals surface area contributed by atoms with Crippen molar-refractivity contribution in [2.24, 2.45) is 5.92 Å². The fourth-order valence-corrected chi connectivity index (χ4v) is 2.31. The number of halogens is 1. The summed E-state index contributed by atoms with van der Waals surface area (Å²) in [5, 5.41) is 14.2. The number of hydrogen-bond acceptors (Lipinski definition) is 4. The highest BCUT2D eigenvalue weighted by atomic mass is 19.1. The molecule has 0 spiro atoms. The number of ether oxygens (including phenoxy) is 1. The molecular weight excluding hydrogens is 251 g/mol. The van der Waals surface area contributed by atoms with Crippen LogP contribution >= 0.6 is 0 Å². The van der Waals surface area contributed by atoms with Gasteiger partial charge < -0.3 is 10.1 Å². The maximum atomic E-state index is 13.5. The summed E-state index contributed by atoms with van der Waals surface area (Å²) >= 11 is 0. The first-order valence-corrected chi connectivity index (χ1v) is 6.25. The molecule has 0 radical (unpaired) electrons. The molecule has 104 valence electrons. The molecule has 0 saturated heterocycles. The summed E-state index contributed by atoms with van der Waals surface area (Å²) in [5.74, 6) is -0.0997. The Balaban J connectivity index is 2.32. The predicted octanol–water partition coefficient (Wildman–Crippen LogP) is 2.28. The third-order valence-corrected chi connectivity index (χ3v) is 3.55. The molecule has 2 rings (SSSR count). The van der Waals surface area contributed by atoms with E-state index in [9.17, 15) is 14.5 Å². The van der Waals surface area contributed by atoms with Crippen molar-refractivity contribution in [1.29, 1.82) is 0 Å². The van der Waals surface area contributed by atoms with Gasteiger partial charge in [-0.2, -0.15) is 0 Å². The van der Waals surface area contributed by atoms with Gasteiger partial charge in [-0.1, -0.05) is 0 Å². The number of rotatable bonds is 6. The molecule has 1 aliphatic carbocycles. The van der Waals surface area contributed by atoms with Gasteiger partial charge in [0, 0.05) is 11.6 Å². The van der Waals surface area contributed by atoms with E-state index in [1.807, 2.05) is 7.05 Å². The largest absolute Gasteiger partial charge is 0.494 e. The van der Waals surface area contributed by atoms with E-state index in [1.54, 1.807) is 0 Å². The van der Waals surface area contributed by atoms with Crippen molar-refractivity contribution in [3.8, 4) is 5.75 Å². The van der Waals surface area contributed by atoms with Gasteiger partial charge in [-0.3, -0.25) is 10.1 Å². The van der Waals surface area contributed by atoms with E-state index in [1.165, 1.54) is 13.2 Å². The highest BCUT2D eigenvalue weighted by Gasteiger charge is 2.32. The van der Waals surface area contributed by atoms with Crippen LogP contribution in [0.5, 0.6) is 5.75 Å². The molecule has 1 aromatic carbocycles. The first-order chi connectivity index (χ1) is 9.06. The van der Waals surface area contributed by atoms with Gasteiger partial charge >= 0.3 is 0 Å². The van der Waals surface area contributed by atoms with E-state index in [0.717, 1.165) is 18.9 Å². The molecule has 1 unspecified atom stereocenters. The Bertz CT molecular complexity index is 489. The number of nitro benzene ring substituents is 1. The highest BCUT2D eigenvalue weighted by molar-refractivity contribution is 5.46. The number of nitrogens with zero attached hydrogens (tertiary/aromatic N) is 1. The third-order valence-electron chi connectivity index (χ3n) is 3.55. The van der Waals surface area contributed by atoms with Crippen molar-refractivity contribution in [3.63, 3.8) is 0 Å². The summed E-state index contributed by atoms with van der Waals surface area (Å²) in [7, 11) is 3.19. The second-order valence-electron chi connectivity index (χ2n) is 4.81. The summed E-state index contributed by atoms with van der Waals surface area (Å²) in [6.07, 6.45) is 2.78. The van der Waals surface area contributed by atoms with Crippen LogP contribution in [-0.2, 0) is 6.42 Å².